The Morgan fingerprint density at radius 2 is 1.86 bits per heavy atom. The van der Waals surface area contributed by atoms with E-state index in [0.29, 0.717) is 23.2 Å². The zero-order valence-electron chi connectivity index (χ0n) is 15.8. The van der Waals surface area contributed by atoms with Gasteiger partial charge in [-0.25, -0.2) is 13.2 Å². The molecular formula is C22H21F3N2O2. The largest absolute Gasteiger partial charge is 0.384 e. The minimum atomic E-state index is -1.06. The standard InChI is InChI=1S/C22H21F3N2O2/c1-11(28)22(29)26-10-12-6-14(7-12)19-17-8-16(24)9-18(25)21(17)27-20(19)13-2-4-15(23)5-3-13/h2-5,8-9,11-12,14,27-28H,6-7,10H2,1H3,(H,26,29)/t11-,12?,14?/m1/s1. The molecule has 29 heavy (non-hydrogen) atoms. The Bertz CT molecular complexity index is 1050. The van der Waals surface area contributed by atoms with Crippen molar-refractivity contribution in [3.63, 3.8) is 0 Å². The topological polar surface area (TPSA) is 65.1 Å². The van der Waals surface area contributed by atoms with Crippen molar-refractivity contribution in [3.8, 4) is 11.3 Å². The predicted octanol–water partition coefficient (Wildman–Crippen LogP) is 4.24. The number of H-pyrrole nitrogens is 1. The number of benzene rings is 2. The molecule has 0 spiro atoms. The number of aliphatic hydroxyl groups is 1. The van der Waals surface area contributed by atoms with Gasteiger partial charge in [0.2, 0.25) is 5.91 Å². The highest BCUT2D eigenvalue weighted by molar-refractivity contribution is 5.92. The first-order valence-electron chi connectivity index (χ1n) is 9.55. The number of nitrogens with one attached hydrogen (secondary N) is 2. The number of aromatic nitrogens is 1. The summed E-state index contributed by atoms with van der Waals surface area (Å²) in [7, 11) is 0. The molecule has 1 heterocycles. The third-order valence-corrected chi connectivity index (χ3v) is 5.59. The Hall–Kier alpha value is -2.80. The van der Waals surface area contributed by atoms with E-state index in [1.165, 1.54) is 25.1 Å². The van der Waals surface area contributed by atoms with Crippen LogP contribution in [0.3, 0.4) is 0 Å². The van der Waals surface area contributed by atoms with Gasteiger partial charge in [0, 0.05) is 18.0 Å². The molecule has 1 atom stereocenters. The minimum Gasteiger partial charge on any atom is -0.384 e. The molecule has 1 saturated carbocycles. The number of aromatic amines is 1. The van der Waals surface area contributed by atoms with Crippen molar-refractivity contribution in [1.82, 2.24) is 10.3 Å². The highest BCUT2D eigenvalue weighted by Crippen LogP contribution is 2.48. The molecule has 2 aromatic carbocycles. The molecule has 1 amide bonds. The third-order valence-electron chi connectivity index (χ3n) is 5.59. The average Bonchev–Trinajstić information content (AvgIpc) is 3.00. The number of halogens is 3. The number of carbonyl (C=O) groups is 1. The molecule has 0 radical (unpaired) electrons. The smallest absolute Gasteiger partial charge is 0.248 e. The van der Waals surface area contributed by atoms with Crippen molar-refractivity contribution in [1.29, 1.82) is 0 Å². The lowest BCUT2D eigenvalue weighted by Crippen LogP contribution is -2.39. The monoisotopic (exact) mass is 402 g/mol. The van der Waals surface area contributed by atoms with Crippen LogP contribution in [-0.4, -0.2) is 28.6 Å². The van der Waals surface area contributed by atoms with Crippen LogP contribution < -0.4 is 5.32 Å². The fourth-order valence-corrected chi connectivity index (χ4v) is 4.04. The van der Waals surface area contributed by atoms with E-state index < -0.39 is 23.6 Å². The first kappa shape index (κ1) is 19.5. The molecule has 0 bridgehead atoms. The van der Waals surface area contributed by atoms with Crippen molar-refractivity contribution in [3.05, 3.63) is 59.4 Å². The van der Waals surface area contributed by atoms with E-state index in [9.17, 15) is 23.1 Å². The van der Waals surface area contributed by atoms with E-state index in [1.807, 2.05) is 0 Å². The molecule has 0 unspecified atom stereocenters. The van der Waals surface area contributed by atoms with E-state index in [-0.39, 0.29) is 23.2 Å². The Labute approximate surface area is 165 Å². The van der Waals surface area contributed by atoms with E-state index >= 15 is 0 Å². The Balaban J connectivity index is 1.65. The van der Waals surface area contributed by atoms with Gasteiger partial charge in [-0.15, -0.1) is 0 Å². The molecule has 0 aliphatic heterocycles. The van der Waals surface area contributed by atoms with Gasteiger partial charge < -0.3 is 15.4 Å². The maximum absolute atomic E-state index is 14.4. The summed E-state index contributed by atoms with van der Waals surface area (Å²) in [6.45, 7) is 1.85. The average molecular weight is 402 g/mol. The van der Waals surface area contributed by atoms with Crippen LogP contribution in [0, 0.1) is 23.4 Å². The summed E-state index contributed by atoms with van der Waals surface area (Å²) in [6.07, 6.45) is 0.411. The van der Waals surface area contributed by atoms with Crippen LogP contribution in [0.1, 0.15) is 31.2 Å². The van der Waals surface area contributed by atoms with Gasteiger partial charge in [-0.2, -0.15) is 0 Å². The SMILES string of the molecule is C[C@@H](O)C(=O)NCC1CC(c2c(-c3ccc(F)cc3)[nH]c3c(F)cc(F)cc23)C1. The zero-order chi connectivity index (χ0) is 20.7. The van der Waals surface area contributed by atoms with Crippen molar-refractivity contribution < 1.29 is 23.1 Å². The van der Waals surface area contributed by atoms with Crippen molar-refractivity contribution >= 4 is 16.8 Å². The number of fused-ring (bicyclic) bond motifs is 1. The molecule has 0 saturated heterocycles. The van der Waals surface area contributed by atoms with Gasteiger partial charge >= 0.3 is 0 Å². The van der Waals surface area contributed by atoms with Crippen LogP contribution >= 0.6 is 0 Å². The van der Waals surface area contributed by atoms with E-state index in [0.717, 1.165) is 24.5 Å². The van der Waals surface area contributed by atoms with E-state index in [2.05, 4.69) is 10.3 Å². The molecule has 7 heteroatoms. The maximum atomic E-state index is 14.4. The van der Waals surface area contributed by atoms with Crippen LogP contribution in [0.2, 0.25) is 0 Å². The predicted molar refractivity (Wildman–Crippen MR) is 104 cm³/mol. The second kappa shape index (κ2) is 7.55. The normalized spacial score (nSPS) is 19.8. The summed E-state index contributed by atoms with van der Waals surface area (Å²) in [5, 5.41) is 12.4. The second-order valence-electron chi connectivity index (χ2n) is 7.69. The molecule has 1 aromatic heterocycles. The third kappa shape index (κ3) is 3.74. The van der Waals surface area contributed by atoms with Gasteiger partial charge in [0.15, 0.2) is 0 Å². The van der Waals surface area contributed by atoms with Gasteiger partial charge in [-0.05, 0) is 73.1 Å². The summed E-state index contributed by atoms with van der Waals surface area (Å²) < 4.78 is 41.6. The van der Waals surface area contributed by atoms with Crippen LogP contribution in [0.15, 0.2) is 36.4 Å². The highest BCUT2D eigenvalue weighted by Gasteiger charge is 2.35. The lowest BCUT2D eigenvalue weighted by atomic mass is 9.70. The van der Waals surface area contributed by atoms with Crippen LogP contribution in [0.4, 0.5) is 13.2 Å². The van der Waals surface area contributed by atoms with E-state index in [1.54, 1.807) is 12.1 Å². The van der Waals surface area contributed by atoms with Gasteiger partial charge in [-0.3, -0.25) is 4.79 Å². The summed E-state index contributed by atoms with van der Waals surface area (Å²) in [6, 6.07) is 8.03. The Morgan fingerprint density at radius 1 is 1.17 bits per heavy atom. The number of aliphatic hydroxyl groups excluding tert-OH is 1. The maximum Gasteiger partial charge on any atom is 0.248 e. The molecule has 1 aliphatic rings. The number of carbonyl (C=O) groups excluding carboxylic acids is 1. The van der Waals surface area contributed by atoms with Crippen LogP contribution in [-0.2, 0) is 4.79 Å². The van der Waals surface area contributed by atoms with Crippen molar-refractivity contribution in [2.24, 2.45) is 5.92 Å². The lowest BCUT2D eigenvalue weighted by Gasteiger charge is -2.36. The summed E-state index contributed by atoms with van der Waals surface area (Å²) in [5.41, 5.74) is 2.39. The van der Waals surface area contributed by atoms with Gasteiger partial charge in [0.1, 0.15) is 23.6 Å². The molecule has 1 aliphatic carbocycles. The zero-order valence-corrected chi connectivity index (χ0v) is 15.8. The minimum absolute atomic E-state index is 0.0541. The lowest BCUT2D eigenvalue weighted by molar-refractivity contribution is -0.128. The van der Waals surface area contributed by atoms with Crippen LogP contribution in [0.25, 0.3) is 22.2 Å². The van der Waals surface area contributed by atoms with Crippen molar-refractivity contribution in [2.45, 2.75) is 31.8 Å². The number of hydrogen-bond donors (Lipinski definition) is 3. The van der Waals surface area contributed by atoms with Crippen molar-refractivity contribution in [2.75, 3.05) is 6.54 Å². The van der Waals surface area contributed by atoms with E-state index in [4.69, 9.17) is 0 Å². The summed E-state index contributed by atoms with van der Waals surface area (Å²) in [5.74, 6) is -1.85. The molecule has 3 aromatic rings. The molecule has 4 rings (SSSR count). The summed E-state index contributed by atoms with van der Waals surface area (Å²) in [4.78, 5) is 14.6. The summed E-state index contributed by atoms with van der Waals surface area (Å²) >= 11 is 0. The first-order valence-corrected chi connectivity index (χ1v) is 9.55. The fourth-order valence-electron chi connectivity index (χ4n) is 4.04. The number of rotatable bonds is 5. The Morgan fingerprint density at radius 3 is 2.52 bits per heavy atom. The van der Waals surface area contributed by atoms with Gasteiger partial charge in [0.05, 0.1) is 11.2 Å². The van der Waals surface area contributed by atoms with Gasteiger partial charge in [-0.1, -0.05) is 0 Å². The second-order valence-corrected chi connectivity index (χ2v) is 7.69. The molecular weight excluding hydrogens is 381 g/mol. The Kier molecular flexibility index (Phi) is 5.08. The molecule has 1 fully saturated rings. The molecule has 4 nitrogen and oxygen atoms in total. The highest BCUT2D eigenvalue weighted by atomic mass is 19.1. The number of amides is 1. The number of hydrogen-bond acceptors (Lipinski definition) is 2. The first-order chi connectivity index (χ1) is 13.8. The molecule has 3 N–H and O–H groups in total. The van der Waals surface area contributed by atoms with Gasteiger partial charge in [0.25, 0.3) is 0 Å². The quantitative estimate of drug-likeness (QED) is 0.598. The fraction of sp³-hybridized carbons (Fsp3) is 0.318. The van der Waals surface area contributed by atoms with Crippen LogP contribution in [0.5, 0.6) is 0 Å². The molecule has 152 valence electrons.